The average Bonchev–Trinajstić information content (AvgIpc) is 2.87. The normalized spacial score (nSPS) is 13.5. The molecule has 1 unspecified atom stereocenters. The van der Waals surface area contributed by atoms with E-state index in [4.69, 9.17) is 5.84 Å². The number of hydrazine groups is 1. The fourth-order valence-electron chi connectivity index (χ4n) is 5.47. The van der Waals surface area contributed by atoms with Crippen molar-refractivity contribution in [2.75, 3.05) is 0 Å². The lowest BCUT2D eigenvalue weighted by Crippen LogP contribution is -2.40. The summed E-state index contributed by atoms with van der Waals surface area (Å²) in [7, 11) is 0. The standard InChI is InChI=1S/C37H56N2O5/c1-34(2,3)26-17-22(18-27(31(26)42)35(4,5)6)13-15-24(40)21-25(33(44)39-38)30(41)16-14-23-19-28(36(7,8)9)32(43)29(20-23)37(10,11)12/h17-20,25,42-43H,13-16,21,38H2,1-12H3,(H,39,44). The summed E-state index contributed by atoms with van der Waals surface area (Å²) in [6, 6.07) is 7.75. The van der Waals surface area contributed by atoms with Gasteiger partial charge in [0.15, 0.2) is 0 Å². The Morgan fingerprint density at radius 2 is 0.955 bits per heavy atom. The minimum absolute atomic E-state index is 0.0607. The molecule has 244 valence electrons. The Balaban J connectivity index is 2.25. The van der Waals surface area contributed by atoms with Gasteiger partial charge in [-0.1, -0.05) is 107 Å². The minimum Gasteiger partial charge on any atom is -0.507 e. The summed E-state index contributed by atoms with van der Waals surface area (Å²) in [5.41, 5.74) is 5.93. The number of nitrogens with two attached hydrogens (primary N) is 1. The van der Waals surface area contributed by atoms with Crippen molar-refractivity contribution < 1.29 is 24.6 Å². The van der Waals surface area contributed by atoms with Crippen molar-refractivity contribution in [2.45, 2.75) is 137 Å². The number of carbonyl (C=O) groups excluding carboxylic acids is 3. The predicted octanol–water partition coefficient (Wildman–Crippen LogP) is 6.99. The second-order valence-corrected chi connectivity index (χ2v) is 16.3. The molecule has 0 spiro atoms. The maximum Gasteiger partial charge on any atom is 0.244 e. The zero-order chi connectivity index (χ0) is 34.0. The summed E-state index contributed by atoms with van der Waals surface area (Å²) in [5.74, 6) is 3.57. The van der Waals surface area contributed by atoms with E-state index in [-0.39, 0.29) is 64.0 Å². The third-order valence-corrected chi connectivity index (χ3v) is 8.20. The monoisotopic (exact) mass is 608 g/mol. The molecule has 1 amide bonds. The smallest absolute Gasteiger partial charge is 0.244 e. The van der Waals surface area contributed by atoms with Crippen LogP contribution in [0, 0.1) is 5.92 Å². The number of hydrogen-bond acceptors (Lipinski definition) is 6. The van der Waals surface area contributed by atoms with Crippen LogP contribution in [0.5, 0.6) is 11.5 Å². The zero-order valence-corrected chi connectivity index (χ0v) is 29.1. The van der Waals surface area contributed by atoms with Crippen LogP contribution in [0.2, 0.25) is 0 Å². The quantitative estimate of drug-likeness (QED) is 0.0996. The Labute approximate surface area is 265 Å². The molecule has 0 heterocycles. The molecule has 0 fully saturated rings. The molecular weight excluding hydrogens is 552 g/mol. The number of carbonyl (C=O) groups is 3. The van der Waals surface area contributed by atoms with Crippen molar-refractivity contribution in [1.29, 1.82) is 0 Å². The van der Waals surface area contributed by atoms with E-state index in [1.165, 1.54) is 0 Å². The number of ketones is 2. The number of phenols is 2. The van der Waals surface area contributed by atoms with Crippen molar-refractivity contribution >= 4 is 17.5 Å². The first kappa shape index (κ1) is 37.0. The minimum atomic E-state index is -1.18. The summed E-state index contributed by atoms with van der Waals surface area (Å²) in [4.78, 5) is 39.2. The van der Waals surface area contributed by atoms with Gasteiger partial charge in [0.05, 0.1) is 0 Å². The number of aromatic hydroxyl groups is 2. The Kier molecular flexibility index (Phi) is 11.3. The summed E-state index contributed by atoms with van der Waals surface area (Å²) < 4.78 is 0. The number of phenolic OH excluding ortho intramolecular Hbond substituents is 2. The van der Waals surface area contributed by atoms with Crippen LogP contribution in [0.3, 0.4) is 0 Å². The molecule has 2 aromatic rings. The zero-order valence-electron chi connectivity index (χ0n) is 29.1. The SMILES string of the molecule is CC(C)(C)c1cc(CCC(=O)CC(C(=O)CCc2cc(C(C)(C)C)c(O)c(C(C)(C)C)c2)C(=O)NN)cc(C(C)(C)C)c1O. The Hall–Kier alpha value is -3.19. The van der Waals surface area contributed by atoms with Crippen molar-refractivity contribution in [3.63, 3.8) is 0 Å². The molecule has 0 aliphatic carbocycles. The van der Waals surface area contributed by atoms with E-state index in [1.54, 1.807) is 0 Å². The van der Waals surface area contributed by atoms with E-state index < -0.39 is 11.8 Å². The van der Waals surface area contributed by atoms with Crippen LogP contribution in [-0.2, 0) is 48.9 Å². The number of rotatable bonds is 10. The van der Waals surface area contributed by atoms with Crippen molar-refractivity contribution in [2.24, 2.45) is 11.8 Å². The van der Waals surface area contributed by atoms with Crippen molar-refractivity contribution in [1.82, 2.24) is 5.43 Å². The molecule has 7 nitrogen and oxygen atoms in total. The third-order valence-electron chi connectivity index (χ3n) is 8.20. The molecule has 44 heavy (non-hydrogen) atoms. The van der Waals surface area contributed by atoms with E-state index >= 15 is 0 Å². The Morgan fingerprint density at radius 1 is 0.636 bits per heavy atom. The van der Waals surface area contributed by atoms with Gasteiger partial charge in [0.1, 0.15) is 29.0 Å². The van der Waals surface area contributed by atoms with E-state index in [0.717, 1.165) is 33.4 Å². The highest BCUT2D eigenvalue weighted by atomic mass is 16.3. The van der Waals surface area contributed by atoms with Crippen LogP contribution in [0.15, 0.2) is 24.3 Å². The van der Waals surface area contributed by atoms with Gasteiger partial charge in [-0.3, -0.25) is 19.8 Å². The molecule has 0 bridgehead atoms. The third kappa shape index (κ3) is 9.40. The first-order valence-corrected chi connectivity index (χ1v) is 15.7. The molecule has 1 atom stereocenters. The predicted molar refractivity (Wildman–Crippen MR) is 178 cm³/mol. The lowest BCUT2D eigenvalue weighted by molar-refractivity contribution is -0.137. The summed E-state index contributed by atoms with van der Waals surface area (Å²) in [6.45, 7) is 24.4. The van der Waals surface area contributed by atoms with Crippen molar-refractivity contribution in [3.05, 3.63) is 57.6 Å². The molecule has 0 aliphatic heterocycles. The van der Waals surface area contributed by atoms with Gasteiger partial charge in [0.25, 0.3) is 0 Å². The molecule has 0 saturated carbocycles. The maximum atomic E-state index is 13.4. The second kappa shape index (κ2) is 13.4. The fraction of sp³-hybridized carbons (Fsp3) is 0.595. The first-order chi connectivity index (χ1) is 19.9. The average molecular weight is 609 g/mol. The Bertz CT molecular complexity index is 1310. The maximum absolute atomic E-state index is 13.4. The van der Waals surface area contributed by atoms with Gasteiger partial charge in [0, 0.05) is 19.3 Å². The van der Waals surface area contributed by atoms with Crippen LogP contribution >= 0.6 is 0 Å². The molecular formula is C37H56N2O5. The highest BCUT2D eigenvalue weighted by Gasteiger charge is 2.31. The molecule has 7 heteroatoms. The van der Waals surface area contributed by atoms with Crippen LogP contribution in [0.4, 0.5) is 0 Å². The molecule has 2 aromatic carbocycles. The summed E-state index contributed by atoms with van der Waals surface area (Å²) in [5, 5.41) is 22.0. The van der Waals surface area contributed by atoms with Gasteiger partial charge in [0.2, 0.25) is 5.91 Å². The second-order valence-electron chi connectivity index (χ2n) is 16.3. The van der Waals surface area contributed by atoms with Crippen LogP contribution in [0.25, 0.3) is 0 Å². The van der Waals surface area contributed by atoms with Crippen LogP contribution in [-0.4, -0.2) is 27.7 Å². The number of nitrogens with one attached hydrogen (secondary N) is 1. The lowest BCUT2D eigenvalue weighted by atomic mass is 9.77. The van der Waals surface area contributed by atoms with Gasteiger partial charge in [-0.05, 0) is 67.9 Å². The van der Waals surface area contributed by atoms with E-state index in [1.807, 2.05) is 107 Å². The van der Waals surface area contributed by atoms with E-state index in [2.05, 4.69) is 5.43 Å². The number of Topliss-reactive ketones (excluding diaryl/α,β-unsaturated/α-hetero) is 2. The van der Waals surface area contributed by atoms with Gasteiger partial charge in [-0.25, -0.2) is 5.84 Å². The topological polar surface area (TPSA) is 130 Å². The van der Waals surface area contributed by atoms with Gasteiger partial charge >= 0.3 is 0 Å². The fourth-order valence-corrected chi connectivity index (χ4v) is 5.47. The summed E-state index contributed by atoms with van der Waals surface area (Å²) >= 11 is 0. The molecule has 0 aromatic heterocycles. The highest BCUT2D eigenvalue weighted by Crippen LogP contribution is 2.41. The van der Waals surface area contributed by atoms with E-state index in [9.17, 15) is 24.6 Å². The number of hydrogen-bond donors (Lipinski definition) is 4. The Morgan fingerprint density at radius 3 is 1.25 bits per heavy atom. The molecule has 2 rings (SSSR count). The molecule has 0 aliphatic rings. The molecule has 0 saturated heterocycles. The van der Waals surface area contributed by atoms with Crippen LogP contribution < -0.4 is 11.3 Å². The molecule has 0 radical (unpaired) electrons. The number of benzene rings is 2. The largest absolute Gasteiger partial charge is 0.507 e. The number of amides is 1. The van der Waals surface area contributed by atoms with Crippen LogP contribution in [0.1, 0.15) is 136 Å². The first-order valence-electron chi connectivity index (χ1n) is 15.7. The van der Waals surface area contributed by atoms with Gasteiger partial charge in [-0.15, -0.1) is 0 Å². The number of aryl methyl sites for hydroxylation is 2. The van der Waals surface area contributed by atoms with Crippen molar-refractivity contribution in [3.8, 4) is 11.5 Å². The molecule has 5 N–H and O–H groups in total. The van der Waals surface area contributed by atoms with E-state index in [0.29, 0.717) is 12.8 Å². The van der Waals surface area contributed by atoms with Gasteiger partial charge < -0.3 is 10.2 Å². The lowest BCUT2D eigenvalue weighted by Gasteiger charge is -2.28. The van der Waals surface area contributed by atoms with Gasteiger partial charge in [-0.2, -0.15) is 0 Å². The highest BCUT2D eigenvalue weighted by molar-refractivity contribution is 6.04. The summed E-state index contributed by atoms with van der Waals surface area (Å²) in [6.07, 6.45) is 0.780.